The van der Waals surface area contributed by atoms with Crippen LogP contribution in [-0.2, 0) is 13.0 Å². The van der Waals surface area contributed by atoms with Crippen molar-refractivity contribution in [2.45, 2.75) is 25.9 Å². The fraction of sp³-hybridized carbons (Fsp3) is 0.294. The average Bonchev–Trinajstić information content (AvgIpc) is 2.47. The van der Waals surface area contributed by atoms with Crippen molar-refractivity contribution in [1.82, 2.24) is 5.32 Å². The lowest BCUT2D eigenvalue weighted by atomic mass is 10.1. The molecule has 0 aliphatic rings. The standard InChI is InChI=1S/C17H19Cl2NO/c1-12(10-13-6-3-4-9-17(13)21-2)20-11-14-15(18)7-5-8-16(14)19/h3-9,12,20H,10-11H2,1-2H3. The third-order valence-corrected chi connectivity index (χ3v) is 4.12. The second kappa shape index (κ2) is 7.69. The van der Waals surface area contributed by atoms with Gasteiger partial charge in [0.1, 0.15) is 5.75 Å². The normalized spacial score (nSPS) is 12.2. The van der Waals surface area contributed by atoms with Gasteiger partial charge in [-0.25, -0.2) is 0 Å². The Morgan fingerprint density at radius 3 is 2.38 bits per heavy atom. The molecular formula is C17H19Cl2NO. The molecule has 2 aromatic rings. The highest BCUT2D eigenvalue weighted by molar-refractivity contribution is 6.35. The van der Waals surface area contributed by atoms with E-state index in [1.807, 2.05) is 36.4 Å². The first-order chi connectivity index (χ1) is 10.1. The predicted molar refractivity (Wildman–Crippen MR) is 89.5 cm³/mol. The third kappa shape index (κ3) is 4.37. The van der Waals surface area contributed by atoms with E-state index >= 15 is 0 Å². The molecule has 4 heteroatoms. The monoisotopic (exact) mass is 323 g/mol. The van der Waals surface area contributed by atoms with Gasteiger partial charge < -0.3 is 10.1 Å². The summed E-state index contributed by atoms with van der Waals surface area (Å²) in [6.45, 7) is 2.78. The van der Waals surface area contributed by atoms with E-state index in [4.69, 9.17) is 27.9 Å². The van der Waals surface area contributed by atoms with Crippen molar-refractivity contribution >= 4 is 23.2 Å². The molecule has 0 aliphatic carbocycles. The van der Waals surface area contributed by atoms with Crippen LogP contribution in [0.3, 0.4) is 0 Å². The van der Waals surface area contributed by atoms with E-state index in [1.165, 1.54) is 5.56 Å². The Morgan fingerprint density at radius 1 is 1.05 bits per heavy atom. The summed E-state index contributed by atoms with van der Waals surface area (Å²) in [7, 11) is 1.69. The van der Waals surface area contributed by atoms with E-state index in [2.05, 4.69) is 18.3 Å². The molecule has 0 fully saturated rings. The summed E-state index contributed by atoms with van der Waals surface area (Å²) in [5, 5.41) is 4.84. The zero-order chi connectivity index (χ0) is 15.2. The minimum Gasteiger partial charge on any atom is -0.496 e. The molecule has 1 unspecified atom stereocenters. The van der Waals surface area contributed by atoms with Gasteiger partial charge in [0.25, 0.3) is 0 Å². The molecule has 2 nitrogen and oxygen atoms in total. The molecule has 0 saturated heterocycles. The molecule has 0 amide bonds. The Kier molecular flexibility index (Phi) is 5.92. The molecule has 2 rings (SSSR count). The van der Waals surface area contributed by atoms with Crippen LogP contribution in [0.1, 0.15) is 18.1 Å². The molecule has 0 radical (unpaired) electrons. The van der Waals surface area contributed by atoms with Gasteiger partial charge in [-0.05, 0) is 37.1 Å². The highest BCUT2D eigenvalue weighted by Gasteiger charge is 2.10. The van der Waals surface area contributed by atoms with Crippen LogP contribution in [0.15, 0.2) is 42.5 Å². The minimum absolute atomic E-state index is 0.286. The Morgan fingerprint density at radius 2 is 1.71 bits per heavy atom. The topological polar surface area (TPSA) is 21.3 Å². The second-order valence-corrected chi connectivity index (χ2v) is 5.81. The Hall–Kier alpha value is -1.22. The van der Waals surface area contributed by atoms with Crippen molar-refractivity contribution in [2.24, 2.45) is 0 Å². The van der Waals surface area contributed by atoms with E-state index in [0.717, 1.165) is 17.7 Å². The van der Waals surface area contributed by atoms with Gasteiger partial charge in [-0.15, -0.1) is 0 Å². The number of hydrogen-bond donors (Lipinski definition) is 1. The number of benzene rings is 2. The van der Waals surface area contributed by atoms with Gasteiger partial charge in [-0.3, -0.25) is 0 Å². The number of hydrogen-bond acceptors (Lipinski definition) is 2. The Labute approximate surface area is 136 Å². The molecule has 2 aromatic carbocycles. The van der Waals surface area contributed by atoms with E-state index in [1.54, 1.807) is 7.11 Å². The first-order valence-electron chi connectivity index (χ1n) is 6.90. The summed E-state index contributed by atoms with van der Waals surface area (Å²) in [6, 6.07) is 13.9. The minimum atomic E-state index is 0.286. The van der Waals surface area contributed by atoms with Gasteiger partial charge in [0.05, 0.1) is 7.11 Å². The summed E-state index contributed by atoms with van der Waals surface area (Å²) in [5.74, 6) is 0.918. The highest BCUT2D eigenvalue weighted by atomic mass is 35.5. The van der Waals surface area contributed by atoms with Gasteiger partial charge in [-0.2, -0.15) is 0 Å². The van der Waals surface area contributed by atoms with E-state index in [9.17, 15) is 0 Å². The van der Waals surface area contributed by atoms with Crippen LogP contribution in [0.5, 0.6) is 5.75 Å². The fourth-order valence-corrected chi connectivity index (χ4v) is 2.78. The highest BCUT2D eigenvalue weighted by Crippen LogP contribution is 2.24. The molecule has 0 bridgehead atoms. The molecule has 0 aromatic heterocycles. The summed E-state index contributed by atoms with van der Waals surface area (Å²) in [4.78, 5) is 0. The molecule has 0 heterocycles. The van der Waals surface area contributed by atoms with E-state index in [-0.39, 0.29) is 6.04 Å². The number of nitrogens with one attached hydrogen (secondary N) is 1. The molecule has 0 spiro atoms. The number of ether oxygens (including phenoxy) is 1. The third-order valence-electron chi connectivity index (χ3n) is 3.41. The van der Waals surface area contributed by atoms with Crippen molar-refractivity contribution in [3.63, 3.8) is 0 Å². The smallest absolute Gasteiger partial charge is 0.122 e. The molecule has 112 valence electrons. The van der Waals surface area contributed by atoms with Gasteiger partial charge in [0, 0.05) is 28.2 Å². The van der Waals surface area contributed by atoms with Crippen LogP contribution in [0.2, 0.25) is 10.0 Å². The largest absolute Gasteiger partial charge is 0.496 e. The zero-order valence-electron chi connectivity index (χ0n) is 12.2. The second-order valence-electron chi connectivity index (χ2n) is 5.00. The maximum Gasteiger partial charge on any atom is 0.122 e. The van der Waals surface area contributed by atoms with Crippen LogP contribution in [0.4, 0.5) is 0 Å². The maximum atomic E-state index is 6.18. The molecule has 0 saturated carbocycles. The number of methoxy groups -OCH3 is 1. The maximum absolute atomic E-state index is 6.18. The molecule has 0 aliphatic heterocycles. The van der Waals surface area contributed by atoms with Crippen molar-refractivity contribution in [3.05, 3.63) is 63.6 Å². The van der Waals surface area contributed by atoms with Gasteiger partial charge >= 0.3 is 0 Å². The van der Waals surface area contributed by atoms with E-state index < -0.39 is 0 Å². The van der Waals surface area contributed by atoms with Crippen molar-refractivity contribution in [2.75, 3.05) is 7.11 Å². The predicted octanol–water partition coefficient (Wildman–Crippen LogP) is 4.72. The van der Waals surface area contributed by atoms with Crippen LogP contribution < -0.4 is 10.1 Å². The molecule has 21 heavy (non-hydrogen) atoms. The summed E-state index contributed by atoms with van der Waals surface area (Å²) in [6.07, 6.45) is 0.881. The first kappa shape index (κ1) is 16.2. The Balaban J connectivity index is 1.98. The van der Waals surface area contributed by atoms with Gasteiger partial charge in [-0.1, -0.05) is 47.5 Å². The Bertz CT molecular complexity index is 581. The van der Waals surface area contributed by atoms with Crippen molar-refractivity contribution in [1.29, 1.82) is 0 Å². The van der Waals surface area contributed by atoms with Gasteiger partial charge in [0.2, 0.25) is 0 Å². The van der Waals surface area contributed by atoms with Crippen molar-refractivity contribution < 1.29 is 4.74 Å². The molecule has 1 N–H and O–H groups in total. The quantitative estimate of drug-likeness (QED) is 0.830. The summed E-state index contributed by atoms with van der Waals surface area (Å²) >= 11 is 12.4. The van der Waals surface area contributed by atoms with Crippen LogP contribution in [-0.4, -0.2) is 13.2 Å². The lowest BCUT2D eigenvalue weighted by Crippen LogP contribution is -2.28. The summed E-state index contributed by atoms with van der Waals surface area (Å²) in [5.41, 5.74) is 2.12. The van der Waals surface area contributed by atoms with Crippen molar-refractivity contribution in [3.8, 4) is 5.75 Å². The zero-order valence-corrected chi connectivity index (χ0v) is 13.7. The summed E-state index contributed by atoms with van der Waals surface area (Å²) < 4.78 is 5.38. The van der Waals surface area contributed by atoms with Crippen LogP contribution in [0, 0.1) is 0 Å². The lowest BCUT2D eigenvalue weighted by Gasteiger charge is -2.17. The van der Waals surface area contributed by atoms with Crippen LogP contribution in [0.25, 0.3) is 0 Å². The van der Waals surface area contributed by atoms with Gasteiger partial charge in [0.15, 0.2) is 0 Å². The molecular weight excluding hydrogens is 305 g/mol. The number of para-hydroxylation sites is 1. The van der Waals surface area contributed by atoms with E-state index in [0.29, 0.717) is 16.6 Å². The van der Waals surface area contributed by atoms with Crippen LogP contribution >= 0.6 is 23.2 Å². The SMILES string of the molecule is COc1ccccc1CC(C)NCc1c(Cl)cccc1Cl. The molecule has 1 atom stereocenters. The number of rotatable bonds is 6. The first-order valence-corrected chi connectivity index (χ1v) is 7.65. The average molecular weight is 324 g/mol. The lowest BCUT2D eigenvalue weighted by molar-refractivity contribution is 0.406. The fourth-order valence-electron chi connectivity index (χ4n) is 2.25. The number of halogens is 2.